The van der Waals surface area contributed by atoms with Crippen molar-refractivity contribution in [1.29, 1.82) is 0 Å². The summed E-state index contributed by atoms with van der Waals surface area (Å²) in [5.41, 5.74) is 6.33. The zero-order valence-electron chi connectivity index (χ0n) is 8.89. The molecule has 0 radical (unpaired) electrons. The van der Waals surface area contributed by atoms with Gasteiger partial charge in [0.25, 0.3) is 0 Å². The lowest BCUT2D eigenvalue weighted by Gasteiger charge is -2.37. The minimum Gasteiger partial charge on any atom is -0.388 e. The molecule has 0 bridgehead atoms. The summed E-state index contributed by atoms with van der Waals surface area (Å²) in [6.07, 6.45) is 8.45. The number of hydrogen-bond acceptors (Lipinski definition) is 3. The lowest BCUT2D eigenvalue weighted by molar-refractivity contribution is -0.0203. The van der Waals surface area contributed by atoms with E-state index in [4.69, 9.17) is 5.73 Å². The molecule has 1 heterocycles. The SMILES string of the molecule is NC(c1cccnc1)C1(O)CCCCC1. The third kappa shape index (κ3) is 2.19. The van der Waals surface area contributed by atoms with Gasteiger partial charge in [-0.05, 0) is 24.5 Å². The van der Waals surface area contributed by atoms with E-state index >= 15 is 0 Å². The number of nitrogens with zero attached hydrogens (tertiary/aromatic N) is 1. The summed E-state index contributed by atoms with van der Waals surface area (Å²) >= 11 is 0. The first-order valence-corrected chi connectivity index (χ1v) is 5.60. The molecule has 3 nitrogen and oxygen atoms in total. The molecule has 0 saturated heterocycles. The summed E-state index contributed by atoms with van der Waals surface area (Å²) < 4.78 is 0. The number of nitrogens with two attached hydrogens (primary N) is 1. The highest BCUT2D eigenvalue weighted by molar-refractivity contribution is 5.17. The molecule has 1 aromatic heterocycles. The molecule has 0 amide bonds. The van der Waals surface area contributed by atoms with Crippen LogP contribution < -0.4 is 5.73 Å². The molecule has 0 aromatic carbocycles. The summed E-state index contributed by atoms with van der Waals surface area (Å²) in [5.74, 6) is 0. The van der Waals surface area contributed by atoms with Gasteiger partial charge in [-0.15, -0.1) is 0 Å². The van der Waals surface area contributed by atoms with Gasteiger partial charge in [0.2, 0.25) is 0 Å². The first-order valence-electron chi connectivity index (χ1n) is 5.60. The van der Waals surface area contributed by atoms with Crippen molar-refractivity contribution in [2.45, 2.75) is 43.7 Å². The zero-order chi connectivity index (χ0) is 10.7. The maximum absolute atomic E-state index is 10.4. The van der Waals surface area contributed by atoms with E-state index in [1.165, 1.54) is 6.42 Å². The summed E-state index contributed by atoms with van der Waals surface area (Å²) in [6, 6.07) is 3.50. The average Bonchev–Trinajstić information content (AvgIpc) is 2.30. The molecular weight excluding hydrogens is 188 g/mol. The van der Waals surface area contributed by atoms with Crippen LogP contribution in [0.3, 0.4) is 0 Å². The van der Waals surface area contributed by atoms with E-state index in [0.717, 1.165) is 31.2 Å². The Kier molecular flexibility index (Phi) is 3.03. The molecule has 82 valence electrons. The van der Waals surface area contributed by atoms with Crippen molar-refractivity contribution in [3.63, 3.8) is 0 Å². The monoisotopic (exact) mass is 206 g/mol. The van der Waals surface area contributed by atoms with Crippen molar-refractivity contribution in [2.75, 3.05) is 0 Å². The van der Waals surface area contributed by atoms with Crippen molar-refractivity contribution in [1.82, 2.24) is 4.98 Å². The first kappa shape index (κ1) is 10.6. The van der Waals surface area contributed by atoms with Crippen molar-refractivity contribution in [2.24, 2.45) is 5.73 Å². The van der Waals surface area contributed by atoms with E-state index in [0.29, 0.717) is 0 Å². The molecule has 1 fully saturated rings. The lowest BCUT2D eigenvalue weighted by atomic mass is 9.78. The molecular formula is C12H18N2O. The fraction of sp³-hybridized carbons (Fsp3) is 0.583. The number of aromatic nitrogens is 1. The summed E-state index contributed by atoms with van der Waals surface area (Å²) in [4.78, 5) is 4.04. The first-order chi connectivity index (χ1) is 7.22. The van der Waals surface area contributed by atoms with Crippen LogP contribution in [0, 0.1) is 0 Å². The Morgan fingerprint density at radius 3 is 2.67 bits per heavy atom. The Labute approximate surface area is 90.3 Å². The largest absolute Gasteiger partial charge is 0.388 e. The summed E-state index contributed by atoms with van der Waals surface area (Å²) in [5, 5.41) is 10.4. The van der Waals surface area contributed by atoms with Crippen LogP contribution in [0.25, 0.3) is 0 Å². The minimum absolute atomic E-state index is 0.300. The minimum atomic E-state index is -0.721. The molecule has 15 heavy (non-hydrogen) atoms. The third-order valence-corrected chi connectivity index (χ3v) is 3.34. The van der Waals surface area contributed by atoms with E-state index < -0.39 is 5.60 Å². The maximum Gasteiger partial charge on any atom is 0.0840 e. The quantitative estimate of drug-likeness (QED) is 0.775. The maximum atomic E-state index is 10.4. The smallest absolute Gasteiger partial charge is 0.0840 e. The fourth-order valence-corrected chi connectivity index (χ4v) is 2.35. The Bertz CT molecular complexity index is 307. The van der Waals surface area contributed by atoms with Crippen LogP contribution in [0.2, 0.25) is 0 Å². The van der Waals surface area contributed by atoms with E-state index in [9.17, 15) is 5.11 Å². The van der Waals surface area contributed by atoms with Crippen molar-refractivity contribution < 1.29 is 5.11 Å². The number of hydrogen-bond donors (Lipinski definition) is 2. The highest BCUT2D eigenvalue weighted by atomic mass is 16.3. The van der Waals surface area contributed by atoms with Crippen LogP contribution in [0.1, 0.15) is 43.7 Å². The predicted octanol–water partition coefficient (Wildman–Crippen LogP) is 1.78. The van der Waals surface area contributed by atoms with Crippen LogP contribution in [0.15, 0.2) is 24.5 Å². The van der Waals surface area contributed by atoms with Gasteiger partial charge in [0.1, 0.15) is 0 Å². The van der Waals surface area contributed by atoms with Gasteiger partial charge in [-0.25, -0.2) is 0 Å². The van der Waals surface area contributed by atoms with Gasteiger partial charge in [-0.1, -0.05) is 25.3 Å². The molecule has 1 saturated carbocycles. The lowest BCUT2D eigenvalue weighted by Crippen LogP contribution is -2.42. The van der Waals surface area contributed by atoms with Crippen LogP contribution in [0.5, 0.6) is 0 Å². The second-order valence-corrected chi connectivity index (χ2v) is 4.43. The van der Waals surface area contributed by atoms with E-state index in [-0.39, 0.29) is 6.04 Å². The topological polar surface area (TPSA) is 59.1 Å². The highest BCUT2D eigenvalue weighted by Crippen LogP contribution is 2.36. The third-order valence-electron chi connectivity index (χ3n) is 3.34. The molecule has 2 rings (SSSR count). The van der Waals surface area contributed by atoms with Gasteiger partial charge in [-0.2, -0.15) is 0 Å². The Hall–Kier alpha value is -0.930. The second-order valence-electron chi connectivity index (χ2n) is 4.43. The molecule has 1 atom stereocenters. The van der Waals surface area contributed by atoms with Gasteiger partial charge in [0.15, 0.2) is 0 Å². The van der Waals surface area contributed by atoms with Crippen LogP contribution in [0.4, 0.5) is 0 Å². The number of rotatable bonds is 2. The molecule has 1 unspecified atom stereocenters. The standard InChI is InChI=1S/C12H18N2O/c13-11(10-5-4-8-14-9-10)12(15)6-2-1-3-7-12/h4-5,8-9,11,15H,1-3,6-7,13H2. The number of pyridine rings is 1. The summed E-state index contributed by atoms with van der Waals surface area (Å²) in [7, 11) is 0. The van der Waals surface area contributed by atoms with Crippen LogP contribution >= 0.6 is 0 Å². The van der Waals surface area contributed by atoms with Crippen molar-refractivity contribution >= 4 is 0 Å². The molecule has 1 aliphatic carbocycles. The van der Waals surface area contributed by atoms with Gasteiger partial charge in [-0.3, -0.25) is 4.98 Å². The fourth-order valence-electron chi connectivity index (χ4n) is 2.35. The Morgan fingerprint density at radius 2 is 2.07 bits per heavy atom. The molecule has 3 N–H and O–H groups in total. The summed E-state index contributed by atoms with van der Waals surface area (Å²) in [6.45, 7) is 0. The van der Waals surface area contributed by atoms with Gasteiger partial charge < -0.3 is 10.8 Å². The van der Waals surface area contributed by atoms with Gasteiger partial charge >= 0.3 is 0 Å². The van der Waals surface area contributed by atoms with Crippen LogP contribution in [-0.2, 0) is 0 Å². The van der Waals surface area contributed by atoms with Crippen LogP contribution in [-0.4, -0.2) is 15.7 Å². The van der Waals surface area contributed by atoms with E-state index in [1.807, 2.05) is 12.1 Å². The molecule has 1 aromatic rings. The number of aliphatic hydroxyl groups is 1. The highest BCUT2D eigenvalue weighted by Gasteiger charge is 2.36. The predicted molar refractivity (Wildman–Crippen MR) is 59.2 cm³/mol. The van der Waals surface area contributed by atoms with Crippen molar-refractivity contribution in [3.8, 4) is 0 Å². The molecule has 0 aliphatic heterocycles. The molecule has 3 heteroatoms. The van der Waals surface area contributed by atoms with Gasteiger partial charge in [0.05, 0.1) is 11.6 Å². The Balaban J connectivity index is 2.16. The zero-order valence-corrected chi connectivity index (χ0v) is 8.89. The average molecular weight is 206 g/mol. The normalized spacial score (nSPS) is 22.3. The van der Waals surface area contributed by atoms with E-state index in [2.05, 4.69) is 4.98 Å². The van der Waals surface area contributed by atoms with Gasteiger partial charge in [0, 0.05) is 12.4 Å². The second kappa shape index (κ2) is 4.29. The van der Waals surface area contributed by atoms with E-state index in [1.54, 1.807) is 12.4 Å². The molecule has 0 spiro atoms. The van der Waals surface area contributed by atoms with Crippen molar-refractivity contribution in [3.05, 3.63) is 30.1 Å². The molecule has 1 aliphatic rings. The Morgan fingerprint density at radius 1 is 1.33 bits per heavy atom.